The Morgan fingerprint density at radius 1 is 1.09 bits per heavy atom. The Morgan fingerprint density at radius 2 is 1.73 bits per heavy atom. The van der Waals surface area contributed by atoms with Crippen molar-refractivity contribution in [2.75, 3.05) is 5.32 Å². The molecule has 0 aliphatic carbocycles. The summed E-state index contributed by atoms with van der Waals surface area (Å²) in [7, 11) is 0. The van der Waals surface area contributed by atoms with Crippen LogP contribution in [-0.4, -0.2) is 12.0 Å². The number of hydrogen-bond acceptors (Lipinski definition) is 2. The predicted molar refractivity (Wildman–Crippen MR) is 79.2 cm³/mol. The molecule has 1 amide bonds. The molecule has 3 nitrogen and oxygen atoms in total. The van der Waals surface area contributed by atoms with E-state index in [0.29, 0.717) is 5.75 Å². The van der Waals surface area contributed by atoms with E-state index in [4.69, 9.17) is 4.74 Å². The lowest BCUT2D eigenvalue weighted by Gasteiger charge is -2.15. The molecule has 0 saturated carbocycles. The number of nitrogens with one attached hydrogen (secondary N) is 1. The molecule has 0 aliphatic rings. The first-order chi connectivity index (χ1) is 10.4. The predicted octanol–water partition coefficient (Wildman–Crippen LogP) is 4.27. The standard InChI is InChI=1S/C15H11BrF3NO2/c1-8(22-10-4-2-9(16)3-5-10)15(21)20-12-7-6-11(17)13(18)14(12)19/h2-8H,1H3,(H,20,21)/t8-/m0/s1. The Morgan fingerprint density at radius 3 is 2.36 bits per heavy atom. The Labute approximate surface area is 133 Å². The zero-order chi connectivity index (χ0) is 16.3. The zero-order valence-corrected chi connectivity index (χ0v) is 13.0. The van der Waals surface area contributed by atoms with Gasteiger partial charge in [0.1, 0.15) is 5.75 Å². The maximum Gasteiger partial charge on any atom is 0.265 e. The Bertz CT molecular complexity index is 692. The van der Waals surface area contributed by atoms with Crippen molar-refractivity contribution in [1.29, 1.82) is 0 Å². The van der Waals surface area contributed by atoms with Crippen molar-refractivity contribution < 1.29 is 22.7 Å². The Kier molecular flexibility index (Phi) is 5.07. The fourth-order valence-corrected chi connectivity index (χ4v) is 1.89. The number of halogens is 4. The topological polar surface area (TPSA) is 38.3 Å². The van der Waals surface area contributed by atoms with E-state index in [1.165, 1.54) is 6.92 Å². The van der Waals surface area contributed by atoms with E-state index in [9.17, 15) is 18.0 Å². The number of carbonyl (C=O) groups is 1. The normalized spacial score (nSPS) is 11.9. The molecule has 2 rings (SSSR count). The SMILES string of the molecule is C[C@H](Oc1ccc(Br)cc1)C(=O)Nc1ccc(F)c(F)c1F. The second kappa shape index (κ2) is 6.83. The van der Waals surface area contributed by atoms with Gasteiger partial charge in [-0.3, -0.25) is 4.79 Å². The summed E-state index contributed by atoms with van der Waals surface area (Å²) >= 11 is 3.26. The van der Waals surface area contributed by atoms with Gasteiger partial charge in [-0.2, -0.15) is 0 Å². The number of ether oxygens (including phenoxy) is 1. The summed E-state index contributed by atoms with van der Waals surface area (Å²) in [6.45, 7) is 1.45. The molecular formula is C15H11BrF3NO2. The first-order valence-corrected chi connectivity index (χ1v) is 7.04. The van der Waals surface area contributed by atoms with E-state index in [0.717, 1.165) is 16.6 Å². The van der Waals surface area contributed by atoms with E-state index in [-0.39, 0.29) is 0 Å². The van der Waals surface area contributed by atoms with Gasteiger partial charge in [0, 0.05) is 4.47 Å². The van der Waals surface area contributed by atoms with Gasteiger partial charge in [-0.15, -0.1) is 0 Å². The van der Waals surface area contributed by atoms with E-state index >= 15 is 0 Å². The van der Waals surface area contributed by atoms with E-state index in [1.54, 1.807) is 24.3 Å². The highest BCUT2D eigenvalue weighted by atomic mass is 79.9. The second-order valence-electron chi connectivity index (χ2n) is 4.43. The number of carbonyl (C=O) groups excluding carboxylic acids is 1. The molecule has 2 aromatic carbocycles. The highest BCUT2D eigenvalue weighted by molar-refractivity contribution is 9.10. The second-order valence-corrected chi connectivity index (χ2v) is 5.34. The first kappa shape index (κ1) is 16.4. The van der Waals surface area contributed by atoms with Gasteiger partial charge in [0.15, 0.2) is 23.6 Å². The molecule has 0 radical (unpaired) electrons. The molecule has 0 unspecified atom stereocenters. The van der Waals surface area contributed by atoms with Gasteiger partial charge in [0.25, 0.3) is 5.91 Å². The Balaban J connectivity index is 2.05. The van der Waals surface area contributed by atoms with E-state index in [2.05, 4.69) is 21.2 Å². The maximum atomic E-state index is 13.5. The minimum Gasteiger partial charge on any atom is -0.481 e. The maximum absolute atomic E-state index is 13.5. The smallest absolute Gasteiger partial charge is 0.265 e. The summed E-state index contributed by atoms with van der Waals surface area (Å²) < 4.78 is 45.6. The van der Waals surface area contributed by atoms with Crippen molar-refractivity contribution in [3.63, 3.8) is 0 Å². The molecule has 7 heteroatoms. The lowest BCUT2D eigenvalue weighted by Crippen LogP contribution is -2.30. The fourth-order valence-electron chi connectivity index (χ4n) is 1.63. The van der Waals surface area contributed by atoms with Crippen LogP contribution in [0.4, 0.5) is 18.9 Å². The Hall–Kier alpha value is -2.02. The molecule has 116 valence electrons. The van der Waals surface area contributed by atoms with Crippen molar-refractivity contribution >= 4 is 27.5 Å². The van der Waals surface area contributed by atoms with Gasteiger partial charge < -0.3 is 10.1 Å². The molecule has 0 aliphatic heterocycles. The third-order valence-corrected chi connectivity index (χ3v) is 3.32. The quantitative estimate of drug-likeness (QED) is 0.812. The van der Waals surface area contributed by atoms with Crippen LogP contribution in [0.5, 0.6) is 5.75 Å². The van der Waals surface area contributed by atoms with Crippen molar-refractivity contribution in [3.8, 4) is 5.75 Å². The van der Waals surface area contributed by atoms with Crippen molar-refractivity contribution in [3.05, 3.63) is 58.3 Å². The van der Waals surface area contributed by atoms with Crippen LogP contribution in [-0.2, 0) is 4.79 Å². The lowest BCUT2D eigenvalue weighted by molar-refractivity contribution is -0.122. The van der Waals surface area contributed by atoms with Gasteiger partial charge in [0.2, 0.25) is 0 Å². The van der Waals surface area contributed by atoms with E-state index < -0.39 is 35.2 Å². The van der Waals surface area contributed by atoms with Crippen molar-refractivity contribution in [1.82, 2.24) is 0 Å². The molecule has 0 heterocycles. The third kappa shape index (κ3) is 3.79. The largest absolute Gasteiger partial charge is 0.481 e. The number of anilines is 1. The molecule has 0 aromatic heterocycles. The van der Waals surface area contributed by atoms with E-state index in [1.807, 2.05) is 0 Å². The number of rotatable bonds is 4. The summed E-state index contributed by atoms with van der Waals surface area (Å²) in [5.74, 6) is -4.66. The fraction of sp³-hybridized carbons (Fsp3) is 0.133. The molecule has 1 atom stereocenters. The molecule has 1 N–H and O–H groups in total. The minimum absolute atomic E-state index is 0.441. The highest BCUT2D eigenvalue weighted by Crippen LogP contribution is 2.21. The number of hydrogen-bond donors (Lipinski definition) is 1. The molecule has 0 bridgehead atoms. The first-order valence-electron chi connectivity index (χ1n) is 6.25. The van der Waals surface area contributed by atoms with Crippen LogP contribution in [0, 0.1) is 17.5 Å². The monoisotopic (exact) mass is 373 g/mol. The van der Waals surface area contributed by atoms with Crippen molar-refractivity contribution in [2.24, 2.45) is 0 Å². The summed E-state index contributed by atoms with van der Waals surface area (Å²) in [6.07, 6.45) is -0.950. The molecular weight excluding hydrogens is 363 g/mol. The molecule has 0 saturated heterocycles. The lowest BCUT2D eigenvalue weighted by atomic mass is 10.2. The molecule has 2 aromatic rings. The third-order valence-electron chi connectivity index (χ3n) is 2.79. The molecule has 0 spiro atoms. The van der Waals surface area contributed by atoms with Gasteiger partial charge >= 0.3 is 0 Å². The van der Waals surface area contributed by atoms with Crippen LogP contribution in [0.2, 0.25) is 0 Å². The number of amides is 1. The average Bonchev–Trinajstić information content (AvgIpc) is 2.50. The minimum atomic E-state index is -1.64. The molecule has 0 fully saturated rings. The number of benzene rings is 2. The van der Waals surface area contributed by atoms with Gasteiger partial charge in [-0.25, -0.2) is 13.2 Å². The zero-order valence-electron chi connectivity index (χ0n) is 11.4. The van der Waals surface area contributed by atoms with Crippen LogP contribution >= 0.6 is 15.9 Å². The summed E-state index contributed by atoms with van der Waals surface area (Å²) in [4.78, 5) is 11.9. The van der Waals surface area contributed by atoms with Gasteiger partial charge in [-0.05, 0) is 43.3 Å². The highest BCUT2D eigenvalue weighted by Gasteiger charge is 2.19. The van der Waals surface area contributed by atoms with Crippen LogP contribution in [0.25, 0.3) is 0 Å². The van der Waals surface area contributed by atoms with Gasteiger partial charge in [-0.1, -0.05) is 15.9 Å². The summed E-state index contributed by atoms with van der Waals surface area (Å²) in [5.41, 5.74) is -0.449. The van der Waals surface area contributed by atoms with Crippen LogP contribution in [0.1, 0.15) is 6.92 Å². The summed E-state index contributed by atoms with van der Waals surface area (Å²) in [6, 6.07) is 8.42. The summed E-state index contributed by atoms with van der Waals surface area (Å²) in [5, 5.41) is 2.15. The van der Waals surface area contributed by atoms with Crippen LogP contribution in [0.15, 0.2) is 40.9 Å². The van der Waals surface area contributed by atoms with Crippen molar-refractivity contribution in [2.45, 2.75) is 13.0 Å². The van der Waals surface area contributed by atoms with Gasteiger partial charge in [0.05, 0.1) is 5.69 Å². The molecule has 22 heavy (non-hydrogen) atoms. The average molecular weight is 374 g/mol. The van der Waals surface area contributed by atoms with Crippen LogP contribution < -0.4 is 10.1 Å². The van der Waals surface area contributed by atoms with Crippen LogP contribution in [0.3, 0.4) is 0 Å².